The molecule has 0 aliphatic carbocycles. The summed E-state index contributed by atoms with van der Waals surface area (Å²) in [6.45, 7) is 4.49. The fourth-order valence-electron chi connectivity index (χ4n) is 3.67. The van der Waals surface area contributed by atoms with E-state index in [2.05, 4.69) is 20.4 Å². The van der Waals surface area contributed by atoms with Gasteiger partial charge in [-0.25, -0.2) is 15.5 Å². The lowest BCUT2D eigenvalue weighted by molar-refractivity contribution is 0.207. The molecule has 0 atom stereocenters. The minimum atomic E-state index is -0.146. The van der Waals surface area contributed by atoms with Crippen molar-refractivity contribution in [2.75, 3.05) is 52.4 Å². The van der Waals surface area contributed by atoms with Crippen LogP contribution in [0.15, 0.2) is 29.3 Å². The fourth-order valence-corrected chi connectivity index (χ4v) is 3.67. The Kier molecular flexibility index (Phi) is 7.96. The molecule has 10 heteroatoms. The number of rotatable bonds is 7. The first-order valence-electron chi connectivity index (χ1n) is 10.5. The molecule has 1 aliphatic rings. The van der Waals surface area contributed by atoms with Crippen molar-refractivity contribution in [3.05, 3.63) is 35.5 Å². The van der Waals surface area contributed by atoms with E-state index in [9.17, 15) is 10.3 Å². The third-order valence-electron chi connectivity index (χ3n) is 5.44. The Morgan fingerprint density at radius 1 is 1.03 bits per heavy atom. The van der Waals surface area contributed by atoms with E-state index in [4.69, 9.17) is 14.2 Å². The van der Waals surface area contributed by atoms with Gasteiger partial charge in [0, 0.05) is 61.3 Å². The second kappa shape index (κ2) is 10.9. The normalized spacial score (nSPS) is 14.4. The van der Waals surface area contributed by atoms with Crippen molar-refractivity contribution in [3.63, 3.8) is 0 Å². The lowest BCUT2D eigenvalue weighted by Crippen LogP contribution is -2.52. The van der Waals surface area contributed by atoms with Gasteiger partial charge in [-0.1, -0.05) is 6.92 Å². The quantitative estimate of drug-likeness (QED) is 0.334. The number of ether oxygens (including phenoxy) is 3. The van der Waals surface area contributed by atoms with Crippen molar-refractivity contribution in [1.29, 1.82) is 0 Å². The van der Waals surface area contributed by atoms with Crippen molar-refractivity contribution < 1.29 is 24.5 Å². The van der Waals surface area contributed by atoms with Crippen LogP contribution in [0.2, 0.25) is 0 Å². The van der Waals surface area contributed by atoms with Gasteiger partial charge in [0.25, 0.3) is 0 Å². The number of aliphatic imine (C=N–C) groups is 1. The minimum Gasteiger partial charge on any atom is -0.497 e. The van der Waals surface area contributed by atoms with Crippen LogP contribution >= 0.6 is 0 Å². The van der Waals surface area contributed by atoms with Crippen molar-refractivity contribution in [1.82, 2.24) is 15.4 Å². The molecule has 1 aliphatic heterocycles. The largest absolute Gasteiger partial charge is 0.497 e. The van der Waals surface area contributed by atoms with Crippen LogP contribution in [0.3, 0.4) is 0 Å². The van der Waals surface area contributed by atoms with E-state index in [1.165, 1.54) is 7.11 Å². The number of hydrogen-bond donors (Lipinski definition) is 3. The predicted molar refractivity (Wildman–Crippen MR) is 121 cm³/mol. The Morgan fingerprint density at radius 3 is 2.19 bits per heavy atom. The highest BCUT2D eigenvalue weighted by Crippen LogP contribution is 2.30. The number of pyridine rings is 1. The molecular formula is C22H31N5O5. The molecule has 3 N–H and O–H groups in total. The van der Waals surface area contributed by atoms with E-state index in [1.54, 1.807) is 20.3 Å². The van der Waals surface area contributed by atoms with Gasteiger partial charge in [-0.3, -0.25) is 5.21 Å². The van der Waals surface area contributed by atoms with Gasteiger partial charge in [0.15, 0.2) is 0 Å². The first-order chi connectivity index (χ1) is 15.6. The number of aliphatic hydroxyl groups is 1. The predicted octanol–water partition coefficient (Wildman–Crippen LogP) is 1.95. The van der Waals surface area contributed by atoms with Crippen molar-refractivity contribution in [2.24, 2.45) is 4.99 Å². The Bertz CT molecular complexity index is 922. The molecule has 0 saturated carbocycles. The van der Waals surface area contributed by atoms with Crippen molar-refractivity contribution in [2.45, 2.75) is 20.0 Å². The van der Waals surface area contributed by atoms with Crippen LogP contribution in [-0.4, -0.2) is 73.7 Å². The zero-order chi connectivity index (χ0) is 23.1. The second-order valence-corrected chi connectivity index (χ2v) is 7.23. The van der Waals surface area contributed by atoms with Crippen molar-refractivity contribution in [3.8, 4) is 17.4 Å². The molecule has 0 spiro atoms. The molecule has 10 nitrogen and oxygen atoms in total. The number of piperazine rings is 1. The maximum atomic E-state index is 9.77. The Balaban J connectivity index is 1.79. The molecule has 1 aromatic heterocycles. The molecule has 1 fully saturated rings. The Labute approximate surface area is 188 Å². The molecule has 1 aromatic carbocycles. The standard InChI is InChI=1S/C22H31N5O5/c1-5-19-15(14-28)10-20(21(23-19)32-4)24-22(25-29)27-8-6-26(7-9-27)16-11-17(30-2)13-18(12-16)31-3/h10-13,28-29H,5-9,14H2,1-4H3,(H,24,25). The summed E-state index contributed by atoms with van der Waals surface area (Å²) >= 11 is 0. The number of hydrogen-bond acceptors (Lipinski definition) is 8. The number of benzene rings is 1. The molecule has 32 heavy (non-hydrogen) atoms. The van der Waals surface area contributed by atoms with Crippen LogP contribution in [0.1, 0.15) is 18.2 Å². The van der Waals surface area contributed by atoms with Gasteiger partial charge in [-0.15, -0.1) is 0 Å². The first-order valence-corrected chi connectivity index (χ1v) is 10.5. The number of aryl methyl sites for hydroxylation is 1. The van der Waals surface area contributed by atoms with Crippen LogP contribution in [0.25, 0.3) is 0 Å². The lowest BCUT2D eigenvalue weighted by Gasteiger charge is -2.37. The highest BCUT2D eigenvalue weighted by Gasteiger charge is 2.22. The van der Waals surface area contributed by atoms with E-state index in [1.807, 2.05) is 30.0 Å². The van der Waals surface area contributed by atoms with E-state index < -0.39 is 0 Å². The summed E-state index contributed by atoms with van der Waals surface area (Å²) in [5.74, 6) is 2.10. The summed E-state index contributed by atoms with van der Waals surface area (Å²) in [4.78, 5) is 13.1. The SMILES string of the molecule is CCc1nc(OC)c(N=C(NO)N2CCN(c3cc(OC)cc(OC)c3)CC2)cc1CO. The smallest absolute Gasteiger partial charge is 0.240 e. The van der Waals surface area contributed by atoms with Gasteiger partial charge in [0.2, 0.25) is 11.8 Å². The number of methoxy groups -OCH3 is 3. The molecule has 0 radical (unpaired) electrons. The van der Waals surface area contributed by atoms with E-state index in [0.717, 1.165) is 22.9 Å². The number of nitrogens with zero attached hydrogens (tertiary/aromatic N) is 4. The number of guanidine groups is 1. The van der Waals surface area contributed by atoms with Gasteiger partial charge >= 0.3 is 0 Å². The number of aromatic nitrogens is 1. The second-order valence-electron chi connectivity index (χ2n) is 7.23. The van der Waals surface area contributed by atoms with Crippen LogP contribution in [0.4, 0.5) is 11.4 Å². The number of nitrogens with one attached hydrogen (secondary N) is 1. The monoisotopic (exact) mass is 445 g/mol. The Morgan fingerprint density at radius 2 is 1.69 bits per heavy atom. The summed E-state index contributed by atoms with van der Waals surface area (Å²) in [6, 6.07) is 7.52. The summed E-state index contributed by atoms with van der Waals surface area (Å²) in [6.07, 6.45) is 0.665. The molecule has 3 rings (SSSR count). The molecule has 174 valence electrons. The van der Waals surface area contributed by atoms with Crippen LogP contribution in [0.5, 0.6) is 17.4 Å². The molecule has 2 aromatic rings. The summed E-state index contributed by atoms with van der Waals surface area (Å²) in [5, 5.41) is 19.4. The highest BCUT2D eigenvalue weighted by atomic mass is 16.5. The van der Waals surface area contributed by atoms with Gasteiger partial charge in [-0.2, -0.15) is 0 Å². The van der Waals surface area contributed by atoms with E-state index in [-0.39, 0.29) is 6.61 Å². The third kappa shape index (κ3) is 5.14. The van der Waals surface area contributed by atoms with Gasteiger partial charge in [-0.05, 0) is 12.5 Å². The number of hydroxylamine groups is 1. The highest BCUT2D eigenvalue weighted by molar-refractivity contribution is 5.83. The van der Waals surface area contributed by atoms with Crippen LogP contribution in [0, 0.1) is 0 Å². The molecule has 0 unspecified atom stereocenters. The molecule has 1 saturated heterocycles. The number of aliphatic hydroxyl groups excluding tert-OH is 1. The summed E-state index contributed by atoms with van der Waals surface area (Å²) in [7, 11) is 4.78. The Hall–Kier alpha value is -3.24. The average molecular weight is 446 g/mol. The van der Waals surface area contributed by atoms with E-state index >= 15 is 0 Å². The molecule has 0 amide bonds. The molecule has 2 heterocycles. The topological polar surface area (TPSA) is 112 Å². The van der Waals surface area contributed by atoms with Gasteiger partial charge < -0.3 is 29.1 Å². The third-order valence-corrected chi connectivity index (χ3v) is 5.44. The van der Waals surface area contributed by atoms with Gasteiger partial charge in [0.05, 0.1) is 27.9 Å². The average Bonchev–Trinajstić information content (AvgIpc) is 2.86. The lowest BCUT2D eigenvalue weighted by atomic mass is 10.1. The fraction of sp³-hybridized carbons (Fsp3) is 0.455. The van der Waals surface area contributed by atoms with Crippen molar-refractivity contribution >= 4 is 17.3 Å². The summed E-state index contributed by atoms with van der Waals surface area (Å²) in [5.41, 5.74) is 5.08. The summed E-state index contributed by atoms with van der Waals surface area (Å²) < 4.78 is 16.1. The maximum Gasteiger partial charge on any atom is 0.240 e. The number of anilines is 1. The molecular weight excluding hydrogens is 414 g/mol. The molecule has 0 bridgehead atoms. The van der Waals surface area contributed by atoms with Crippen LogP contribution < -0.4 is 24.6 Å². The van der Waals surface area contributed by atoms with Crippen LogP contribution in [-0.2, 0) is 13.0 Å². The minimum absolute atomic E-state index is 0.146. The zero-order valence-electron chi connectivity index (χ0n) is 19.0. The van der Waals surface area contributed by atoms with Gasteiger partial charge in [0.1, 0.15) is 17.2 Å². The first kappa shape index (κ1) is 23.4. The van der Waals surface area contributed by atoms with E-state index in [0.29, 0.717) is 55.7 Å². The maximum absolute atomic E-state index is 9.77. The zero-order valence-corrected chi connectivity index (χ0v) is 19.0.